The zero-order valence-electron chi connectivity index (χ0n) is 15.7. The number of nitrogens with one attached hydrogen (secondary N) is 1. The van der Waals surface area contributed by atoms with Crippen LogP contribution in [-0.2, 0) is 10.2 Å². The first-order valence-electron chi connectivity index (χ1n) is 8.69. The quantitative estimate of drug-likeness (QED) is 0.719. The molecule has 0 fully saturated rings. The van der Waals surface area contributed by atoms with E-state index in [0.29, 0.717) is 29.7 Å². The van der Waals surface area contributed by atoms with Gasteiger partial charge in [-0.3, -0.25) is 4.79 Å². The third kappa shape index (κ3) is 5.95. The van der Waals surface area contributed by atoms with Gasteiger partial charge in [0.15, 0.2) is 6.10 Å². The third-order valence-corrected chi connectivity index (χ3v) is 4.21. The molecule has 0 aromatic heterocycles. The minimum atomic E-state index is -0.587. The highest BCUT2D eigenvalue weighted by molar-refractivity contribution is 6.32. The highest BCUT2D eigenvalue weighted by atomic mass is 35.5. The van der Waals surface area contributed by atoms with Crippen molar-refractivity contribution in [3.63, 3.8) is 0 Å². The molecule has 2 rings (SSSR count). The SMILES string of the molecule is C[C@H](Oc1ccc(C(C)(C)C)cc1)C(=O)NCCOc1ccccc1Cl. The number of ether oxygens (including phenoxy) is 2. The molecule has 0 spiro atoms. The van der Waals surface area contributed by atoms with Crippen molar-refractivity contribution in [2.24, 2.45) is 0 Å². The highest BCUT2D eigenvalue weighted by Gasteiger charge is 2.16. The Balaban J connectivity index is 1.76. The smallest absolute Gasteiger partial charge is 0.260 e. The molecule has 26 heavy (non-hydrogen) atoms. The van der Waals surface area contributed by atoms with Crippen molar-refractivity contribution in [3.05, 3.63) is 59.1 Å². The van der Waals surface area contributed by atoms with Crippen LogP contribution in [0.25, 0.3) is 0 Å². The zero-order valence-corrected chi connectivity index (χ0v) is 16.5. The molecule has 1 amide bonds. The van der Waals surface area contributed by atoms with Gasteiger partial charge in [-0.1, -0.05) is 56.6 Å². The molecule has 2 aromatic carbocycles. The van der Waals surface area contributed by atoms with Crippen molar-refractivity contribution in [2.75, 3.05) is 13.2 Å². The van der Waals surface area contributed by atoms with Crippen LogP contribution in [-0.4, -0.2) is 25.2 Å². The van der Waals surface area contributed by atoms with E-state index in [1.165, 1.54) is 5.56 Å². The Labute approximate surface area is 160 Å². The van der Waals surface area contributed by atoms with E-state index < -0.39 is 6.10 Å². The maximum absolute atomic E-state index is 12.1. The topological polar surface area (TPSA) is 47.6 Å². The molecule has 0 heterocycles. The molecule has 0 radical (unpaired) electrons. The molecule has 0 saturated carbocycles. The summed E-state index contributed by atoms with van der Waals surface area (Å²) in [5.41, 5.74) is 1.31. The first kappa shape index (κ1) is 20.1. The first-order valence-corrected chi connectivity index (χ1v) is 9.07. The van der Waals surface area contributed by atoms with Gasteiger partial charge in [0, 0.05) is 0 Å². The predicted molar refractivity (Wildman–Crippen MR) is 105 cm³/mol. The molecule has 0 aliphatic rings. The lowest BCUT2D eigenvalue weighted by molar-refractivity contribution is -0.127. The Kier molecular flexibility index (Phi) is 6.92. The van der Waals surface area contributed by atoms with E-state index in [0.717, 1.165) is 0 Å². The van der Waals surface area contributed by atoms with Gasteiger partial charge in [0.2, 0.25) is 0 Å². The fourth-order valence-electron chi connectivity index (χ4n) is 2.33. The summed E-state index contributed by atoms with van der Waals surface area (Å²) in [5.74, 6) is 1.09. The summed E-state index contributed by atoms with van der Waals surface area (Å²) < 4.78 is 11.2. The van der Waals surface area contributed by atoms with Crippen LogP contribution in [0.5, 0.6) is 11.5 Å². The number of hydrogen-bond donors (Lipinski definition) is 1. The Morgan fingerprint density at radius 2 is 1.77 bits per heavy atom. The number of halogens is 1. The number of para-hydroxylation sites is 1. The van der Waals surface area contributed by atoms with E-state index in [2.05, 4.69) is 26.1 Å². The molecule has 5 heteroatoms. The van der Waals surface area contributed by atoms with Gasteiger partial charge >= 0.3 is 0 Å². The van der Waals surface area contributed by atoms with Crippen LogP contribution in [0, 0.1) is 0 Å². The molecule has 4 nitrogen and oxygen atoms in total. The first-order chi connectivity index (χ1) is 12.3. The highest BCUT2D eigenvalue weighted by Crippen LogP contribution is 2.25. The molecule has 0 bridgehead atoms. The van der Waals surface area contributed by atoms with Crippen LogP contribution in [0.15, 0.2) is 48.5 Å². The van der Waals surface area contributed by atoms with Crippen molar-refractivity contribution in [3.8, 4) is 11.5 Å². The van der Waals surface area contributed by atoms with E-state index in [4.69, 9.17) is 21.1 Å². The van der Waals surface area contributed by atoms with Gasteiger partial charge in [0.05, 0.1) is 11.6 Å². The van der Waals surface area contributed by atoms with Gasteiger partial charge in [0.1, 0.15) is 18.1 Å². The van der Waals surface area contributed by atoms with E-state index >= 15 is 0 Å². The normalized spacial score (nSPS) is 12.3. The summed E-state index contributed by atoms with van der Waals surface area (Å²) in [6.07, 6.45) is -0.587. The molecular formula is C21H26ClNO3. The summed E-state index contributed by atoms with van der Waals surface area (Å²) in [6.45, 7) is 8.90. The van der Waals surface area contributed by atoms with Gasteiger partial charge in [-0.05, 0) is 42.2 Å². The molecule has 0 unspecified atom stereocenters. The van der Waals surface area contributed by atoms with Crippen LogP contribution in [0.4, 0.5) is 0 Å². The zero-order chi connectivity index (χ0) is 19.2. The van der Waals surface area contributed by atoms with Crippen molar-refractivity contribution in [1.82, 2.24) is 5.32 Å². The average molecular weight is 376 g/mol. The Bertz CT molecular complexity index is 723. The average Bonchev–Trinajstić information content (AvgIpc) is 2.59. The Morgan fingerprint density at radius 1 is 1.12 bits per heavy atom. The van der Waals surface area contributed by atoms with Crippen molar-refractivity contribution < 1.29 is 14.3 Å². The van der Waals surface area contributed by atoms with Gasteiger partial charge in [-0.2, -0.15) is 0 Å². The summed E-state index contributed by atoms with van der Waals surface area (Å²) in [4.78, 5) is 12.1. The monoisotopic (exact) mass is 375 g/mol. The van der Waals surface area contributed by atoms with Crippen molar-refractivity contribution >= 4 is 17.5 Å². The molecule has 0 aliphatic heterocycles. The second-order valence-corrected chi connectivity index (χ2v) is 7.51. The molecule has 1 N–H and O–H groups in total. The minimum Gasteiger partial charge on any atom is -0.490 e. The molecule has 2 aromatic rings. The Hall–Kier alpha value is -2.20. The van der Waals surface area contributed by atoms with E-state index in [1.807, 2.05) is 36.4 Å². The lowest BCUT2D eigenvalue weighted by Crippen LogP contribution is -2.38. The maximum atomic E-state index is 12.1. The summed E-state index contributed by atoms with van der Waals surface area (Å²) in [6, 6.07) is 15.1. The number of carbonyl (C=O) groups is 1. The van der Waals surface area contributed by atoms with Crippen LogP contribution in [0.1, 0.15) is 33.3 Å². The second kappa shape index (κ2) is 8.95. The van der Waals surface area contributed by atoms with Gasteiger partial charge in [-0.25, -0.2) is 0 Å². The molecule has 140 valence electrons. The Morgan fingerprint density at radius 3 is 2.38 bits per heavy atom. The standard InChI is InChI=1S/C21H26ClNO3/c1-15(26-17-11-9-16(10-12-17)21(2,3)4)20(24)23-13-14-25-19-8-6-5-7-18(19)22/h5-12,15H,13-14H2,1-4H3,(H,23,24)/t15-/m0/s1. The largest absolute Gasteiger partial charge is 0.490 e. The van der Waals surface area contributed by atoms with E-state index in [-0.39, 0.29) is 11.3 Å². The van der Waals surface area contributed by atoms with Crippen LogP contribution in [0.3, 0.4) is 0 Å². The molecule has 0 saturated heterocycles. The fraction of sp³-hybridized carbons (Fsp3) is 0.381. The molecule has 1 atom stereocenters. The van der Waals surface area contributed by atoms with E-state index in [1.54, 1.807) is 19.1 Å². The number of hydrogen-bond acceptors (Lipinski definition) is 3. The fourth-order valence-corrected chi connectivity index (χ4v) is 2.52. The maximum Gasteiger partial charge on any atom is 0.260 e. The summed E-state index contributed by atoms with van der Waals surface area (Å²) in [7, 11) is 0. The van der Waals surface area contributed by atoms with Gasteiger partial charge in [0.25, 0.3) is 5.91 Å². The second-order valence-electron chi connectivity index (χ2n) is 7.10. The number of amides is 1. The van der Waals surface area contributed by atoms with E-state index in [9.17, 15) is 4.79 Å². The number of rotatable bonds is 7. The third-order valence-electron chi connectivity index (χ3n) is 3.90. The summed E-state index contributed by atoms with van der Waals surface area (Å²) >= 11 is 6.01. The van der Waals surface area contributed by atoms with Crippen LogP contribution in [0.2, 0.25) is 5.02 Å². The van der Waals surface area contributed by atoms with Crippen LogP contribution >= 0.6 is 11.6 Å². The molecular weight excluding hydrogens is 350 g/mol. The lowest BCUT2D eigenvalue weighted by Gasteiger charge is -2.20. The summed E-state index contributed by atoms with van der Waals surface area (Å²) in [5, 5.41) is 3.35. The lowest BCUT2D eigenvalue weighted by atomic mass is 9.87. The van der Waals surface area contributed by atoms with Crippen LogP contribution < -0.4 is 14.8 Å². The van der Waals surface area contributed by atoms with Crippen molar-refractivity contribution in [2.45, 2.75) is 39.2 Å². The van der Waals surface area contributed by atoms with Crippen molar-refractivity contribution in [1.29, 1.82) is 0 Å². The minimum absolute atomic E-state index is 0.0865. The number of carbonyl (C=O) groups excluding carboxylic acids is 1. The predicted octanol–water partition coefficient (Wildman–Crippen LogP) is 4.60. The van der Waals surface area contributed by atoms with Gasteiger partial charge in [-0.15, -0.1) is 0 Å². The molecule has 0 aliphatic carbocycles. The number of benzene rings is 2. The van der Waals surface area contributed by atoms with Gasteiger partial charge < -0.3 is 14.8 Å².